The fourth-order valence-corrected chi connectivity index (χ4v) is 6.54. The van der Waals surface area contributed by atoms with E-state index in [9.17, 15) is 18.3 Å². The molecule has 3 rings (SSSR count). The molecule has 0 bridgehead atoms. The second kappa shape index (κ2) is 5.48. The van der Waals surface area contributed by atoms with E-state index in [2.05, 4.69) is 10.5 Å². The van der Waals surface area contributed by atoms with Gasteiger partial charge in [-0.25, -0.2) is 13.2 Å². The number of carbonyl (C=O) groups is 1. The third-order valence-corrected chi connectivity index (χ3v) is 7.80. The second-order valence-corrected chi connectivity index (χ2v) is 9.15. The quantitative estimate of drug-likeness (QED) is 0.833. The zero-order chi connectivity index (χ0) is 16.0. The van der Waals surface area contributed by atoms with Crippen molar-refractivity contribution >= 4 is 44.5 Å². The van der Waals surface area contributed by atoms with Gasteiger partial charge < -0.3 is 15.3 Å². The maximum atomic E-state index is 12.9. The Balaban J connectivity index is 2.09. The molecule has 0 aromatic carbocycles. The van der Waals surface area contributed by atoms with E-state index in [0.29, 0.717) is 30.3 Å². The van der Waals surface area contributed by atoms with Gasteiger partial charge in [0.2, 0.25) is 9.84 Å². The molecular weight excluding hydrogens is 352 g/mol. The monoisotopic (exact) mass is 364 g/mol. The second-order valence-electron chi connectivity index (χ2n) is 5.17. The molecule has 1 aromatic heterocycles. The van der Waals surface area contributed by atoms with Crippen LogP contribution in [-0.2, 0) is 19.5 Å². The minimum Gasteiger partial charge on any atom is -0.477 e. The van der Waals surface area contributed by atoms with Crippen molar-refractivity contribution in [3.63, 3.8) is 0 Å². The molecule has 1 aromatic rings. The molecule has 3 heterocycles. The van der Waals surface area contributed by atoms with Crippen LogP contribution in [0, 0.1) is 0 Å². The topological polar surface area (TPSA) is 105 Å². The Morgan fingerprint density at radius 3 is 2.68 bits per heavy atom. The van der Waals surface area contributed by atoms with Crippen LogP contribution >= 0.6 is 22.9 Å². The van der Waals surface area contributed by atoms with Gasteiger partial charge in [-0.05, 0) is 25.2 Å². The number of sulfone groups is 1. The molecule has 2 aliphatic rings. The number of carboxylic acids is 1. The fourth-order valence-electron chi connectivity index (χ4n) is 2.84. The molecule has 1 fully saturated rings. The predicted octanol–water partition coefficient (Wildman–Crippen LogP) is 1.14. The van der Waals surface area contributed by atoms with Gasteiger partial charge in [-0.2, -0.15) is 0 Å². The molecule has 22 heavy (non-hydrogen) atoms. The molecule has 0 amide bonds. The van der Waals surface area contributed by atoms with E-state index in [4.69, 9.17) is 16.4 Å². The van der Waals surface area contributed by atoms with Crippen LogP contribution in [0.1, 0.15) is 12.8 Å². The summed E-state index contributed by atoms with van der Waals surface area (Å²) >= 11 is 6.72. The normalized spacial score (nSPS) is 24.0. The summed E-state index contributed by atoms with van der Waals surface area (Å²) in [5.74, 6) is -1.38. The zero-order valence-electron chi connectivity index (χ0n) is 11.3. The first-order valence-electron chi connectivity index (χ1n) is 6.56. The van der Waals surface area contributed by atoms with E-state index in [-0.39, 0.29) is 4.21 Å². The molecule has 2 aliphatic heterocycles. The van der Waals surface area contributed by atoms with Gasteiger partial charge in [0, 0.05) is 12.8 Å². The molecule has 120 valence electrons. The number of halogens is 1. The van der Waals surface area contributed by atoms with Crippen molar-refractivity contribution in [2.75, 3.05) is 13.1 Å². The summed E-state index contributed by atoms with van der Waals surface area (Å²) in [6.07, 6.45) is 0.743. The van der Waals surface area contributed by atoms with Gasteiger partial charge >= 0.3 is 5.97 Å². The third kappa shape index (κ3) is 2.41. The van der Waals surface area contributed by atoms with E-state index in [1.807, 2.05) is 0 Å². The summed E-state index contributed by atoms with van der Waals surface area (Å²) in [4.78, 5) is 16.7. The number of nitrogens with zero attached hydrogens (tertiary/aromatic N) is 1. The number of hydrogen-bond donors (Lipinski definition) is 2. The average molecular weight is 365 g/mol. The third-order valence-electron chi connectivity index (χ3n) is 3.86. The van der Waals surface area contributed by atoms with Crippen molar-refractivity contribution in [1.29, 1.82) is 0 Å². The van der Waals surface area contributed by atoms with E-state index in [1.165, 1.54) is 12.1 Å². The summed E-state index contributed by atoms with van der Waals surface area (Å²) in [5.41, 5.74) is -1.60. The Kier molecular flexibility index (Phi) is 3.92. The van der Waals surface area contributed by atoms with Crippen LogP contribution in [0.15, 0.2) is 21.5 Å². The lowest BCUT2D eigenvalue weighted by Crippen LogP contribution is -2.55. The van der Waals surface area contributed by atoms with Gasteiger partial charge in [0.15, 0.2) is 16.6 Å². The van der Waals surface area contributed by atoms with Crippen molar-refractivity contribution in [3.05, 3.63) is 16.5 Å². The van der Waals surface area contributed by atoms with Gasteiger partial charge in [0.1, 0.15) is 4.21 Å². The van der Waals surface area contributed by atoms with Crippen LogP contribution in [0.25, 0.3) is 0 Å². The number of thiophene rings is 1. The van der Waals surface area contributed by atoms with Crippen LogP contribution in [-0.4, -0.2) is 49.1 Å². The van der Waals surface area contributed by atoms with Gasteiger partial charge in [-0.15, -0.1) is 11.3 Å². The Bertz CT molecular complexity index is 736. The van der Waals surface area contributed by atoms with Gasteiger partial charge in [0.05, 0.1) is 4.34 Å². The van der Waals surface area contributed by atoms with E-state index < -0.39 is 32.4 Å². The van der Waals surface area contributed by atoms with Crippen LogP contribution in [0.4, 0.5) is 0 Å². The number of piperidine rings is 1. The van der Waals surface area contributed by atoms with E-state index in [1.54, 1.807) is 0 Å². The predicted molar refractivity (Wildman–Crippen MR) is 81.3 cm³/mol. The number of nitrogens with one attached hydrogen (secondary N) is 1. The summed E-state index contributed by atoms with van der Waals surface area (Å²) in [5, 5.41) is 14.7. The summed E-state index contributed by atoms with van der Waals surface area (Å²) in [6, 6.07) is 2.86. The largest absolute Gasteiger partial charge is 0.477 e. The molecule has 7 nitrogen and oxygen atoms in total. The Labute approximate surface area is 135 Å². The highest BCUT2D eigenvalue weighted by atomic mass is 35.5. The first-order chi connectivity index (χ1) is 10.4. The Hall–Kier alpha value is -1.16. The molecule has 0 radical (unpaired) electrons. The molecular formula is C12H13ClN2O5S2. The lowest BCUT2D eigenvalue weighted by Gasteiger charge is -2.35. The van der Waals surface area contributed by atoms with Gasteiger partial charge in [-0.3, -0.25) is 0 Å². The maximum Gasteiger partial charge on any atom is 0.355 e. The molecule has 1 unspecified atom stereocenters. The van der Waals surface area contributed by atoms with Crippen LogP contribution in [0.5, 0.6) is 0 Å². The summed E-state index contributed by atoms with van der Waals surface area (Å²) < 4.78 is 26.2. The number of carboxylic acid groups (broad SMARTS) is 1. The maximum absolute atomic E-state index is 12.9. The average Bonchev–Trinajstić information content (AvgIpc) is 3.05. The Morgan fingerprint density at radius 1 is 1.45 bits per heavy atom. The standard InChI is InChI=1S/C12H13ClN2O5S2/c13-7-1-2-8(21-7)22(18,19)10-9(11(16)17)15-20-12(10)3-5-14-6-4-12/h1-2,10,14H,3-6H2,(H,16,17). The molecule has 1 spiro atoms. The smallest absolute Gasteiger partial charge is 0.355 e. The van der Waals surface area contributed by atoms with Crippen molar-refractivity contribution in [2.24, 2.45) is 5.16 Å². The lowest BCUT2D eigenvalue weighted by atomic mass is 9.87. The molecule has 10 heteroatoms. The number of aliphatic carboxylic acids is 1. The minimum atomic E-state index is -3.95. The van der Waals surface area contributed by atoms with Crippen LogP contribution in [0.3, 0.4) is 0 Å². The van der Waals surface area contributed by atoms with E-state index in [0.717, 1.165) is 11.3 Å². The van der Waals surface area contributed by atoms with Crippen LogP contribution < -0.4 is 5.32 Å². The first-order valence-corrected chi connectivity index (χ1v) is 9.30. The molecule has 1 atom stereocenters. The van der Waals surface area contributed by atoms with Gasteiger partial charge in [0.25, 0.3) is 0 Å². The first kappa shape index (κ1) is 15.7. The summed E-state index contributed by atoms with van der Waals surface area (Å²) in [7, 11) is -3.95. The SMILES string of the molecule is O=C(O)C1=NOC2(CCNCC2)C1S(=O)(=O)c1ccc(Cl)s1. The zero-order valence-corrected chi connectivity index (χ0v) is 13.7. The highest BCUT2D eigenvalue weighted by Crippen LogP contribution is 2.41. The van der Waals surface area contributed by atoms with E-state index >= 15 is 0 Å². The van der Waals surface area contributed by atoms with Gasteiger partial charge in [-0.1, -0.05) is 16.8 Å². The molecule has 1 saturated heterocycles. The number of oxime groups is 1. The highest BCUT2D eigenvalue weighted by molar-refractivity contribution is 7.95. The fraction of sp³-hybridized carbons (Fsp3) is 0.500. The molecule has 0 saturated carbocycles. The lowest BCUT2D eigenvalue weighted by molar-refractivity contribution is -0.129. The molecule has 2 N–H and O–H groups in total. The number of rotatable bonds is 3. The number of hydrogen-bond acceptors (Lipinski definition) is 7. The summed E-state index contributed by atoms with van der Waals surface area (Å²) in [6.45, 7) is 1.08. The Morgan fingerprint density at radius 2 is 2.14 bits per heavy atom. The minimum absolute atomic E-state index is 0.0276. The van der Waals surface area contributed by atoms with Crippen molar-refractivity contribution in [1.82, 2.24) is 5.32 Å². The van der Waals surface area contributed by atoms with Crippen LogP contribution in [0.2, 0.25) is 4.34 Å². The molecule has 0 aliphatic carbocycles. The van der Waals surface area contributed by atoms with Crippen molar-refractivity contribution in [3.8, 4) is 0 Å². The van der Waals surface area contributed by atoms with Crippen molar-refractivity contribution < 1.29 is 23.2 Å². The van der Waals surface area contributed by atoms with Crippen molar-refractivity contribution in [2.45, 2.75) is 27.9 Å². The highest BCUT2D eigenvalue weighted by Gasteiger charge is 2.58.